The lowest BCUT2D eigenvalue weighted by Crippen LogP contribution is -2.39. The van der Waals surface area contributed by atoms with E-state index in [1.807, 2.05) is 25.1 Å². The monoisotopic (exact) mass is 331 g/mol. The summed E-state index contributed by atoms with van der Waals surface area (Å²) in [4.78, 5) is 7.08. The van der Waals surface area contributed by atoms with E-state index in [1.54, 1.807) is 14.2 Å². The Kier molecular flexibility index (Phi) is 5.06. The van der Waals surface area contributed by atoms with Crippen molar-refractivity contribution in [1.82, 2.24) is 9.88 Å². The maximum absolute atomic E-state index is 5.97. The minimum Gasteiger partial charge on any atom is -0.497 e. The molecule has 3 rings (SSSR count). The Morgan fingerprint density at radius 3 is 2.67 bits per heavy atom. The highest BCUT2D eigenvalue weighted by molar-refractivity contribution is 5.65. The Balaban J connectivity index is 1.83. The molecule has 1 fully saturated rings. The Morgan fingerprint density at radius 1 is 1.25 bits per heavy atom. The Bertz CT molecular complexity index is 691. The first kappa shape index (κ1) is 16.8. The van der Waals surface area contributed by atoms with E-state index in [0.29, 0.717) is 17.7 Å². The maximum Gasteiger partial charge on any atom is 0.230 e. The van der Waals surface area contributed by atoms with Crippen molar-refractivity contribution in [2.24, 2.45) is 5.73 Å². The minimum absolute atomic E-state index is 0.330. The minimum atomic E-state index is 0.330. The number of nitrogens with two attached hydrogens (primary N) is 1. The van der Waals surface area contributed by atoms with Gasteiger partial charge in [0.25, 0.3) is 0 Å². The number of nitrogens with zero attached hydrogens (tertiary/aromatic N) is 2. The molecule has 24 heavy (non-hydrogen) atoms. The zero-order valence-electron chi connectivity index (χ0n) is 14.5. The van der Waals surface area contributed by atoms with E-state index in [2.05, 4.69) is 4.90 Å². The van der Waals surface area contributed by atoms with Gasteiger partial charge in [-0.2, -0.15) is 0 Å². The van der Waals surface area contributed by atoms with Crippen LogP contribution in [0.25, 0.3) is 11.5 Å². The van der Waals surface area contributed by atoms with Gasteiger partial charge in [-0.3, -0.25) is 4.90 Å². The molecule has 1 aromatic heterocycles. The Labute approximate surface area is 142 Å². The third kappa shape index (κ3) is 3.55. The zero-order valence-corrected chi connectivity index (χ0v) is 14.5. The molecule has 2 N–H and O–H groups in total. The first-order valence-electron chi connectivity index (χ1n) is 8.27. The Morgan fingerprint density at radius 2 is 2.00 bits per heavy atom. The first-order chi connectivity index (χ1) is 11.6. The molecule has 1 aliphatic rings. The number of ether oxygens (including phenoxy) is 2. The van der Waals surface area contributed by atoms with Gasteiger partial charge in [-0.15, -0.1) is 0 Å². The van der Waals surface area contributed by atoms with Crippen LogP contribution in [0.1, 0.15) is 24.3 Å². The van der Waals surface area contributed by atoms with Crippen LogP contribution in [0.4, 0.5) is 0 Å². The summed E-state index contributed by atoms with van der Waals surface area (Å²) in [5.41, 5.74) is 7.73. The second-order valence-electron chi connectivity index (χ2n) is 6.20. The number of benzene rings is 1. The van der Waals surface area contributed by atoms with E-state index in [-0.39, 0.29) is 0 Å². The summed E-state index contributed by atoms with van der Waals surface area (Å²) >= 11 is 0. The highest BCUT2D eigenvalue weighted by Gasteiger charge is 2.21. The van der Waals surface area contributed by atoms with E-state index in [9.17, 15) is 0 Å². The van der Waals surface area contributed by atoms with Gasteiger partial charge in [0.1, 0.15) is 17.3 Å². The van der Waals surface area contributed by atoms with Gasteiger partial charge >= 0.3 is 0 Å². The zero-order chi connectivity index (χ0) is 17.1. The predicted molar refractivity (Wildman–Crippen MR) is 92.3 cm³/mol. The van der Waals surface area contributed by atoms with Crippen LogP contribution in [0.2, 0.25) is 0 Å². The molecule has 0 saturated carbocycles. The van der Waals surface area contributed by atoms with Crippen LogP contribution in [-0.2, 0) is 6.54 Å². The van der Waals surface area contributed by atoms with Gasteiger partial charge in [0.15, 0.2) is 0 Å². The van der Waals surface area contributed by atoms with Crippen LogP contribution < -0.4 is 15.2 Å². The fourth-order valence-corrected chi connectivity index (χ4v) is 2.99. The average Bonchev–Trinajstić information content (AvgIpc) is 2.97. The lowest BCUT2D eigenvalue weighted by Gasteiger charge is -2.29. The average molecular weight is 331 g/mol. The molecule has 1 saturated heterocycles. The molecule has 1 aromatic carbocycles. The number of piperidine rings is 1. The van der Waals surface area contributed by atoms with Gasteiger partial charge in [0, 0.05) is 25.7 Å². The van der Waals surface area contributed by atoms with E-state index in [4.69, 9.17) is 24.6 Å². The van der Waals surface area contributed by atoms with Gasteiger partial charge in [0.05, 0.1) is 25.5 Å². The molecule has 0 radical (unpaired) electrons. The molecule has 0 amide bonds. The largest absolute Gasteiger partial charge is 0.497 e. The van der Waals surface area contributed by atoms with Gasteiger partial charge in [-0.25, -0.2) is 4.98 Å². The van der Waals surface area contributed by atoms with Crippen molar-refractivity contribution in [2.75, 3.05) is 27.3 Å². The number of methoxy groups -OCH3 is 2. The number of oxazole rings is 1. The van der Waals surface area contributed by atoms with Crippen LogP contribution in [-0.4, -0.2) is 43.2 Å². The topological polar surface area (TPSA) is 73.8 Å². The van der Waals surface area contributed by atoms with Gasteiger partial charge in [-0.05, 0) is 38.0 Å². The molecule has 2 aromatic rings. The van der Waals surface area contributed by atoms with Crippen LogP contribution >= 0.6 is 0 Å². The molecule has 6 heteroatoms. The predicted octanol–water partition coefficient (Wildman–Crippen LogP) is 2.59. The highest BCUT2D eigenvalue weighted by atomic mass is 16.5. The molecule has 0 atom stereocenters. The molecule has 0 bridgehead atoms. The molecular formula is C18H25N3O3. The summed E-state index contributed by atoms with van der Waals surface area (Å²) in [5.74, 6) is 2.86. The molecule has 0 spiro atoms. The summed E-state index contributed by atoms with van der Waals surface area (Å²) in [6.07, 6.45) is 2.07. The smallest absolute Gasteiger partial charge is 0.230 e. The summed E-state index contributed by atoms with van der Waals surface area (Å²) in [5, 5.41) is 0. The number of hydrogen-bond donors (Lipinski definition) is 1. The van der Waals surface area contributed by atoms with Crippen LogP contribution in [0.15, 0.2) is 22.6 Å². The van der Waals surface area contributed by atoms with E-state index >= 15 is 0 Å². The normalized spacial score (nSPS) is 16.3. The van der Waals surface area contributed by atoms with Crippen molar-refractivity contribution in [3.05, 3.63) is 29.7 Å². The first-order valence-corrected chi connectivity index (χ1v) is 8.27. The van der Waals surface area contributed by atoms with Gasteiger partial charge in [-0.1, -0.05) is 0 Å². The third-order valence-corrected chi connectivity index (χ3v) is 4.54. The van der Waals surface area contributed by atoms with Crippen molar-refractivity contribution in [3.63, 3.8) is 0 Å². The fourth-order valence-electron chi connectivity index (χ4n) is 2.99. The highest BCUT2D eigenvalue weighted by Crippen LogP contribution is 2.34. The molecular weight excluding hydrogens is 306 g/mol. The van der Waals surface area contributed by atoms with Crippen LogP contribution in [0.3, 0.4) is 0 Å². The van der Waals surface area contributed by atoms with E-state index < -0.39 is 0 Å². The van der Waals surface area contributed by atoms with Crippen molar-refractivity contribution < 1.29 is 13.9 Å². The van der Waals surface area contributed by atoms with Gasteiger partial charge in [0.2, 0.25) is 5.89 Å². The quantitative estimate of drug-likeness (QED) is 0.908. The summed E-state index contributed by atoms with van der Waals surface area (Å²) in [7, 11) is 3.28. The lowest BCUT2D eigenvalue weighted by atomic mass is 10.1. The molecule has 130 valence electrons. The second kappa shape index (κ2) is 7.23. The van der Waals surface area contributed by atoms with Crippen molar-refractivity contribution in [3.8, 4) is 23.0 Å². The van der Waals surface area contributed by atoms with Crippen molar-refractivity contribution >= 4 is 0 Å². The molecule has 0 unspecified atom stereocenters. The van der Waals surface area contributed by atoms with E-state index in [0.717, 1.165) is 55.2 Å². The number of rotatable bonds is 5. The van der Waals surface area contributed by atoms with Crippen molar-refractivity contribution in [2.45, 2.75) is 32.4 Å². The number of aromatic nitrogens is 1. The summed E-state index contributed by atoms with van der Waals surface area (Å²) in [6.45, 7) is 4.75. The number of likely N-dealkylation sites (tertiary alicyclic amines) is 1. The fraction of sp³-hybridized carbons (Fsp3) is 0.500. The standard InChI is InChI=1S/C18H25N3O3/c1-12-16(11-21-8-6-13(19)7-9-21)20-18(24-12)15-10-14(22-2)4-5-17(15)23-3/h4-5,10,13H,6-9,11,19H2,1-3H3. The lowest BCUT2D eigenvalue weighted by molar-refractivity contribution is 0.203. The second-order valence-corrected chi connectivity index (χ2v) is 6.20. The number of hydrogen-bond acceptors (Lipinski definition) is 6. The Hall–Kier alpha value is -2.05. The molecule has 0 aliphatic carbocycles. The van der Waals surface area contributed by atoms with Gasteiger partial charge < -0.3 is 19.6 Å². The maximum atomic E-state index is 5.97. The summed E-state index contributed by atoms with van der Waals surface area (Å²) < 4.78 is 16.6. The number of aryl methyl sites for hydroxylation is 1. The van der Waals surface area contributed by atoms with Crippen LogP contribution in [0, 0.1) is 6.92 Å². The van der Waals surface area contributed by atoms with E-state index in [1.165, 1.54) is 0 Å². The SMILES string of the molecule is COc1ccc(OC)c(-c2nc(CN3CCC(N)CC3)c(C)o2)c1. The molecule has 2 heterocycles. The van der Waals surface area contributed by atoms with Crippen LogP contribution in [0.5, 0.6) is 11.5 Å². The summed E-state index contributed by atoms with van der Waals surface area (Å²) in [6, 6.07) is 5.93. The third-order valence-electron chi connectivity index (χ3n) is 4.54. The molecule has 6 nitrogen and oxygen atoms in total. The van der Waals surface area contributed by atoms with Crippen molar-refractivity contribution in [1.29, 1.82) is 0 Å². The molecule has 1 aliphatic heterocycles.